The Balaban J connectivity index is 2.16. The van der Waals surface area contributed by atoms with Crippen LogP contribution in [0.1, 0.15) is 33.0 Å². The van der Waals surface area contributed by atoms with Crippen LogP contribution in [0.3, 0.4) is 0 Å². The fourth-order valence-electron chi connectivity index (χ4n) is 2.45. The minimum atomic E-state index is -0.943. The summed E-state index contributed by atoms with van der Waals surface area (Å²) in [5.41, 5.74) is 1.67. The van der Waals surface area contributed by atoms with Crippen molar-refractivity contribution in [2.75, 3.05) is 0 Å². The molecule has 0 saturated heterocycles. The SMILES string of the molecule is CCc1nc2c(C(=O)O)cccc2n1Cc1cnc(C)s1. The second kappa shape index (κ2) is 5.29. The molecule has 3 aromatic rings. The van der Waals surface area contributed by atoms with Crippen LogP contribution < -0.4 is 0 Å². The summed E-state index contributed by atoms with van der Waals surface area (Å²) in [6, 6.07) is 5.28. The third-order valence-electron chi connectivity index (χ3n) is 3.39. The molecule has 0 aliphatic rings. The van der Waals surface area contributed by atoms with E-state index in [9.17, 15) is 9.90 Å². The van der Waals surface area contributed by atoms with Gasteiger partial charge in [-0.15, -0.1) is 11.3 Å². The maximum absolute atomic E-state index is 11.3. The van der Waals surface area contributed by atoms with Gasteiger partial charge in [0.25, 0.3) is 0 Å². The molecule has 21 heavy (non-hydrogen) atoms. The molecule has 5 nitrogen and oxygen atoms in total. The van der Waals surface area contributed by atoms with E-state index in [2.05, 4.69) is 14.5 Å². The summed E-state index contributed by atoms with van der Waals surface area (Å²) in [5.74, 6) is -0.0497. The number of carboxylic acid groups (broad SMARTS) is 1. The van der Waals surface area contributed by atoms with Crippen molar-refractivity contribution < 1.29 is 9.90 Å². The number of hydrogen-bond acceptors (Lipinski definition) is 4. The summed E-state index contributed by atoms with van der Waals surface area (Å²) in [4.78, 5) is 21.3. The lowest BCUT2D eigenvalue weighted by Crippen LogP contribution is -2.03. The van der Waals surface area contributed by atoms with E-state index in [1.807, 2.05) is 26.1 Å². The van der Waals surface area contributed by atoms with Gasteiger partial charge in [0, 0.05) is 17.5 Å². The van der Waals surface area contributed by atoms with E-state index < -0.39 is 5.97 Å². The normalized spacial score (nSPS) is 11.1. The molecule has 0 saturated carbocycles. The van der Waals surface area contributed by atoms with Gasteiger partial charge < -0.3 is 9.67 Å². The lowest BCUT2D eigenvalue weighted by Gasteiger charge is -2.06. The number of aromatic carboxylic acids is 1. The first-order valence-electron chi connectivity index (χ1n) is 6.73. The zero-order chi connectivity index (χ0) is 15.0. The van der Waals surface area contributed by atoms with Crippen LogP contribution in [0.15, 0.2) is 24.4 Å². The molecule has 108 valence electrons. The molecule has 0 bridgehead atoms. The van der Waals surface area contributed by atoms with E-state index in [-0.39, 0.29) is 5.56 Å². The molecular formula is C15H15N3O2S. The van der Waals surface area contributed by atoms with Gasteiger partial charge in [0.1, 0.15) is 11.3 Å². The van der Waals surface area contributed by atoms with Gasteiger partial charge >= 0.3 is 5.97 Å². The second-order valence-corrected chi connectivity index (χ2v) is 6.11. The Kier molecular flexibility index (Phi) is 3.47. The molecule has 3 rings (SSSR count). The van der Waals surface area contributed by atoms with E-state index in [1.165, 1.54) is 0 Å². The zero-order valence-electron chi connectivity index (χ0n) is 11.8. The largest absolute Gasteiger partial charge is 0.478 e. The number of hydrogen-bond donors (Lipinski definition) is 1. The number of benzene rings is 1. The average Bonchev–Trinajstić information content (AvgIpc) is 3.03. The predicted molar refractivity (Wildman–Crippen MR) is 82.0 cm³/mol. The summed E-state index contributed by atoms with van der Waals surface area (Å²) in [6.07, 6.45) is 2.62. The van der Waals surface area contributed by atoms with Crippen molar-refractivity contribution in [1.29, 1.82) is 0 Å². The van der Waals surface area contributed by atoms with Crippen molar-refractivity contribution in [3.05, 3.63) is 45.7 Å². The number of imidazole rings is 1. The molecule has 0 radical (unpaired) electrons. The first-order valence-corrected chi connectivity index (χ1v) is 7.54. The van der Waals surface area contributed by atoms with Gasteiger partial charge in [-0.25, -0.2) is 14.8 Å². The number of aryl methyl sites for hydroxylation is 2. The van der Waals surface area contributed by atoms with E-state index in [1.54, 1.807) is 23.5 Å². The summed E-state index contributed by atoms with van der Waals surface area (Å²) in [7, 11) is 0. The highest BCUT2D eigenvalue weighted by molar-refractivity contribution is 7.11. The number of carboxylic acids is 1. The molecule has 0 spiro atoms. The molecule has 6 heteroatoms. The van der Waals surface area contributed by atoms with Crippen molar-refractivity contribution in [3.8, 4) is 0 Å². The molecule has 2 heterocycles. The highest BCUT2D eigenvalue weighted by Gasteiger charge is 2.16. The maximum atomic E-state index is 11.3. The summed E-state index contributed by atoms with van der Waals surface area (Å²) >= 11 is 1.65. The molecule has 1 aromatic carbocycles. The monoisotopic (exact) mass is 301 g/mol. The Hall–Kier alpha value is -2.21. The van der Waals surface area contributed by atoms with Crippen LogP contribution in [0.25, 0.3) is 11.0 Å². The Morgan fingerprint density at radius 3 is 2.86 bits per heavy atom. The average molecular weight is 301 g/mol. The Bertz CT molecular complexity index is 820. The van der Waals surface area contributed by atoms with Crippen LogP contribution in [-0.2, 0) is 13.0 Å². The minimum Gasteiger partial charge on any atom is -0.478 e. The highest BCUT2D eigenvalue weighted by Crippen LogP contribution is 2.23. The van der Waals surface area contributed by atoms with Crippen LogP contribution in [0.4, 0.5) is 0 Å². The summed E-state index contributed by atoms with van der Waals surface area (Å²) in [6.45, 7) is 4.67. The van der Waals surface area contributed by atoms with E-state index in [0.717, 1.165) is 27.6 Å². The standard InChI is InChI=1S/C15H15N3O2S/c1-3-13-17-14-11(15(19)20)5-4-6-12(14)18(13)8-10-7-16-9(2)21-10/h4-7H,3,8H2,1-2H3,(H,19,20). The first kappa shape index (κ1) is 13.8. The number of thiazole rings is 1. The fraction of sp³-hybridized carbons (Fsp3) is 0.267. The smallest absolute Gasteiger partial charge is 0.337 e. The molecule has 0 aliphatic heterocycles. The number of fused-ring (bicyclic) bond motifs is 1. The predicted octanol–water partition coefficient (Wildman–Crippen LogP) is 3.11. The molecule has 0 amide bonds. The van der Waals surface area contributed by atoms with Gasteiger partial charge in [-0.05, 0) is 19.1 Å². The summed E-state index contributed by atoms with van der Waals surface area (Å²) < 4.78 is 2.08. The van der Waals surface area contributed by atoms with Crippen molar-refractivity contribution >= 4 is 28.3 Å². The van der Waals surface area contributed by atoms with Crippen LogP contribution in [-0.4, -0.2) is 25.6 Å². The number of carbonyl (C=O) groups is 1. The molecule has 2 aromatic heterocycles. The third-order valence-corrected chi connectivity index (χ3v) is 4.29. The Morgan fingerprint density at radius 2 is 2.24 bits per heavy atom. The van der Waals surface area contributed by atoms with Crippen LogP contribution in [0, 0.1) is 6.92 Å². The quantitative estimate of drug-likeness (QED) is 0.804. The topological polar surface area (TPSA) is 68.0 Å². The Labute approximate surface area is 125 Å². The Morgan fingerprint density at radius 1 is 1.43 bits per heavy atom. The van der Waals surface area contributed by atoms with E-state index in [0.29, 0.717) is 12.1 Å². The lowest BCUT2D eigenvalue weighted by molar-refractivity contribution is 0.0699. The molecular weight excluding hydrogens is 286 g/mol. The molecule has 0 atom stereocenters. The minimum absolute atomic E-state index is 0.251. The third kappa shape index (κ3) is 2.42. The number of para-hydroxylation sites is 1. The van der Waals surface area contributed by atoms with E-state index >= 15 is 0 Å². The number of rotatable bonds is 4. The van der Waals surface area contributed by atoms with Crippen molar-refractivity contribution in [2.45, 2.75) is 26.8 Å². The lowest BCUT2D eigenvalue weighted by atomic mass is 10.2. The molecule has 1 N–H and O–H groups in total. The molecule has 0 fully saturated rings. The number of nitrogens with zero attached hydrogens (tertiary/aromatic N) is 3. The van der Waals surface area contributed by atoms with Gasteiger partial charge in [-0.3, -0.25) is 0 Å². The molecule has 0 unspecified atom stereocenters. The zero-order valence-corrected chi connectivity index (χ0v) is 12.6. The maximum Gasteiger partial charge on any atom is 0.337 e. The highest BCUT2D eigenvalue weighted by atomic mass is 32.1. The fourth-order valence-corrected chi connectivity index (χ4v) is 3.23. The van der Waals surface area contributed by atoms with Gasteiger partial charge in [0.15, 0.2) is 0 Å². The van der Waals surface area contributed by atoms with Crippen molar-refractivity contribution in [3.63, 3.8) is 0 Å². The van der Waals surface area contributed by atoms with Gasteiger partial charge in [-0.2, -0.15) is 0 Å². The van der Waals surface area contributed by atoms with Gasteiger partial charge in [0.2, 0.25) is 0 Å². The van der Waals surface area contributed by atoms with Crippen LogP contribution in [0.5, 0.6) is 0 Å². The van der Waals surface area contributed by atoms with Gasteiger partial charge in [0.05, 0.1) is 22.6 Å². The van der Waals surface area contributed by atoms with Crippen molar-refractivity contribution in [1.82, 2.24) is 14.5 Å². The van der Waals surface area contributed by atoms with Gasteiger partial charge in [-0.1, -0.05) is 13.0 Å². The van der Waals surface area contributed by atoms with Crippen LogP contribution >= 0.6 is 11.3 Å². The second-order valence-electron chi connectivity index (χ2n) is 4.79. The van der Waals surface area contributed by atoms with E-state index in [4.69, 9.17) is 0 Å². The number of aromatic nitrogens is 3. The first-order chi connectivity index (χ1) is 10.1. The molecule has 0 aliphatic carbocycles. The van der Waals surface area contributed by atoms with Crippen LogP contribution in [0.2, 0.25) is 0 Å². The summed E-state index contributed by atoms with van der Waals surface area (Å²) in [5, 5.41) is 10.3. The van der Waals surface area contributed by atoms with Crippen molar-refractivity contribution in [2.24, 2.45) is 0 Å².